The largest absolute Gasteiger partial charge is 0.480 e. The van der Waals surface area contributed by atoms with Crippen LogP contribution in [0.1, 0.15) is 30.0 Å². The summed E-state index contributed by atoms with van der Waals surface area (Å²) in [6, 6.07) is 3.09. The number of hydrogen-bond acceptors (Lipinski definition) is 6. The van der Waals surface area contributed by atoms with Crippen LogP contribution in [0.4, 0.5) is 0 Å². The molecule has 0 saturated carbocycles. The molecule has 2 amide bonds. The van der Waals surface area contributed by atoms with Crippen LogP contribution in [0.15, 0.2) is 22.7 Å². The minimum Gasteiger partial charge on any atom is -0.480 e. The van der Waals surface area contributed by atoms with E-state index in [1.165, 1.54) is 16.7 Å². The Kier molecular flexibility index (Phi) is 5.03. The van der Waals surface area contributed by atoms with E-state index in [2.05, 4.69) is 10.5 Å². The van der Waals surface area contributed by atoms with Crippen LogP contribution in [-0.2, 0) is 9.59 Å². The second-order valence-electron chi connectivity index (χ2n) is 7.61. The van der Waals surface area contributed by atoms with Crippen LogP contribution in [0.2, 0.25) is 10.0 Å². The topological polar surface area (TPSA) is 113 Å². The zero-order valence-electron chi connectivity index (χ0n) is 16.1. The van der Waals surface area contributed by atoms with Gasteiger partial charge in [0.15, 0.2) is 0 Å². The number of aliphatic carboxylic acids is 1. The van der Waals surface area contributed by atoms with E-state index >= 15 is 0 Å². The van der Waals surface area contributed by atoms with Crippen molar-refractivity contribution in [2.24, 2.45) is 0 Å². The maximum atomic E-state index is 13.1. The molecule has 4 rings (SSSR count). The molecule has 2 saturated heterocycles. The molecule has 30 heavy (non-hydrogen) atoms. The Morgan fingerprint density at radius 1 is 1.30 bits per heavy atom. The van der Waals surface area contributed by atoms with Crippen LogP contribution < -0.4 is 5.32 Å². The van der Waals surface area contributed by atoms with Gasteiger partial charge in [-0.05, 0) is 32.9 Å². The van der Waals surface area contributed by atoms with Gasteiger partial charge in [-0.25, -0.2) is 4.79 Å². The molecule has 11 heteroatoms. The number of aromatic nitrogens is 1. The third-order valence-electron chi connectivity index (χ3n) is 5.25. The third-order valence-corrected chi connectivity index (χ3v) is 7.45. The van der Waals surface area contributed by atoms with E-state index in [0.717, 1.165) is 0 Å². The number of fused-ring (bicyclic) bond motifs is 1. The number of hydrogen-bond donors (Lipinski definition) is 2. The SMILES string of the molecule is Cc1onc(-c2c(Cl)cccc2Cl)c1C(=O)N[C@H]1C(=O)N2[C@@H]1SC(C)(C)[C@@H]2C(=O)O. The van der Waals surface area contributed by atoms with E-state index in [0.29, 0.717) is 15.6 Å². The molecule has 2 fully saturated rings. The fraction of sp³-hybridized carbons (Fsp3) is 0.368. The first kappa shape index (κ1) is 21.0. The van der Waals surface area contributed by atoms with Gasteiger partial charge >= 0.3 is 5.97 Å². The maximum Gasteiger partial charge on any atom is 0.327 e. The Labute approximate surface area is 185 Å². The van der Waals surface area contributed by atoms with Crippen molar-refractivity contribution < 1.29 is 24.0 Å². The summed E-state index contributed by atoms with van der Waals surface area (Å²) in [6.07, 6.45) is 0. The summed E-state index contributed by atoms with van der Waals surface area (Å²) >= 11 is 13.8. The number of carboxylic acids is 1. The van der Waals surface area contributed by atoms with Crippen molar-refractivity contribution in [2.45, 2.75) is 43.0 Å². The lowest BCUT2D eigenvalue weighted by atomic mass is 9.95. The highest BCUT2D eigenvalue weighted by Crippen LogP contribution is 2.51. The highest BCUT2D eigenvalue weighted by molar-refractivity contribution is 8.01. The van der Waals surface area contributed by atoms with Crippen LogP contribution in [0.5, 0.6) is 0 Å². The maximum absolute atomic E-state index is 13.1. The molecule has 8 nitrogen and oxygen atoms in total. The molecular formula is C19H17Cl2N3O5S. The van der Waals surface area contributed by atoms with Crippen molar-refractivity contribution in [3.05, 3.63) is 39.6 Å². The molecule has 2 N–H and O–H groups in total. The second kappa shape index (κ2) is 7.18. The predicted molar refractivity (Wildman–Crippen MR) is 112 cm³/mol. The van der Waals surface area contributed by atoms with E-state index < -0.39 is 40.0 Å². The number of carboxylic acid groups (broad SMARTS) is 1. The quantitative estimate of drug-likeness (QED) is 0.660. The van der Waals surface area contributed by atoms with Gasteiger partial charge in [-0.3, -0.25) is 9.59 Å². The molecule has 3 atom stereocenters. The Balaban J connectivity index is 1.62. The van der Waals surface area contributed by atoms with Gasteiger partial charge in [0.25, 0.3) is 5.91 Å². The van der Waals surface area contributed by atoms with Crippen molar-refractivity contribution in [2.75, 3.05) is 0 Å². The zero-order valence-corrected chi connectivity index (χ0v) is 18.4. The molecule has 0 aliphatic carbocycles. The normalized spacial score (nSPS) is 24.4. The Bertz CT molecular complexity index is 1070. The van der Waals surface area contributed by atoms with Crippen LogP contribution in [0.3, 0.4) is 0 Å². The van der Waals surface area contributed by atoms with Gasteiger partial charge in [-0.15, -0.1) is 11.8 Å². The number of halogens is 2. The van der Waals surface area contributed by atoms with Crippen molar-refractivity contribution in [3.8, 4) is 11.3 Å². The fourth-order valence-electron chi connectivity index (χ4n) is 3.89. The highest BCUT2D eigenvalue weighted by atomic mass is 35.5. The predicted octanol–water partition coefficient (Wildman–Crippen LogP) is 3.20. The van der Waals surface area contributed by atoms with Crippen molar-refractivity contribution in [3.63, 3.8) is 0 Å². The Morgan fingerprint density at radius 2 is 1.93 bits per heavy atom. The van der Waals surface area contributed by atoms with E-state index in [9.17, 15) is 19.5 Å². The first-order valence-electron chi connectivity index (χ1n) is 8.99. The number of amides is 2. The van der Waals surface area contributed by atoms with Gasteiger partial charge in [-0.1, -0.05) is 34.4 Å². The number of aryl methyl sites for hydroxylation is 1. The number of nitrogens with one attached hydrogen (secondary N) is 1. The van der Waals surface area contributed by atoms with Crippen LogP contribution >= 0.6 is 35.0 Å². The minimum absolute atomic E-state index is 0.119. The molecular weight excluding hydrogens is 453 g/mol. The molecule has 0 bridgehead atoms. The van der Waals surface area contributed by atoms with E-state index in [4.69, 9.17) is 27.7 Å². The summed E-state index contributed by atoms with van der Waals surface area (Å²) in [4.78, 5) is 38.7. The van der Waals surface area contributed by atoms with E-state index in [-0.39, 0.29) is 17.0 Å². The molecule has 0 radical (unpaired) electrons. The molecule has 0 spiro atoms. The standard InChI is InChI=1S/C19H17Cl2N3O5S/c1-7-10(12(23-29-7)11-8(20)5-4-6-9(11)21)15(25)22-13-16(26)24-14(18(27)28)19(2,3)30-17(13)24/h4-6,13-14,17H,1-3H3,(H,22,25)(H,27,28)/t13-,14-,17+/m0/s1. The first-order chi connectivity index (χ1) is 14.0. The molecule has 2 aliphatic rings. The molecule has 2 aliphatic heterocycles. The van der Waals surface area contributed by atoms with Crippen molar-refractivity contribution >= 4 is 52.7 Å². The molecule has 3 heterocycles. The summed E-state index contributed by atoms with van der Waals surface area (Å²) in [5, 5.41) is 16.3. The van der Waals surface area contributed by atoms with Crippen molar-refractivity contribution in [1.29, 1.82) is 0 Å². The summed E-state index contributed by atoms with van der Waals surface area (Å²) in [5.74, 6) is -1.84. The molecule has 158 valence electrons. The van der Waals surface area contributed by atoms with Crippen molar-refractivity contribution in [1.82, 2.24) is 15.4 Å². The summed E-state index contributed by atoms with van der Waals surface area (Å²) in [7, 11) is 0. The van der Waals surface area contributed by atoms with E-state index in [1.54, 1.807) is 39.0 Å². The zero-order chi connectivity index (χ0) is 22.0. The first-order valence-corrected chi connectivity index (χ1v) is 10.6. The molecule has 2 aromatic rings. The van der Waals surface area contributed by atoms with Gasteiger partial charge in [0, 0.05) is 10.3 Å². The Morgan fingerprint density at radius 3 is 2.53 bits per heavy atom. The number of thioether (sulfide) groups is 1. The van der Waals surface area contributed by atoms with Crippen LogP contribution in [0, 0.1) is 6.92 Å². The average molecular weight is 470 g/mol. The number of carbonyl (C=O) groups is 3. The van der Waals surface area contributed by atoms with Gasteiger partial charge in [-0.2, -0.15) is 0 Å². The monoisotopic (exact) mass is 469 g/mol. The van der Waals surface area contributed by atoms with Gasteiger partial charge < -0.3 is 19.8 Å². The smallest absolute Gasteiger partial charge is 0.327 e. The minimum atomic E-state index is -1.07. The molecule has 0 unspecified atom stereocenters. The van der Waals surface area contributed by atoms with Gasteiger partial charge in [0.05, 0.1) is 10.0 Å². The third kappa shape index (κ3) is 3.07. The molecule has 1 aromatic heterocycles. The van der Waals surface area contributed by atoms with Crippen LogP contribution in [0.25, 0.3) is 11.3 Å². The van der Waals surface area contributed by atoms with Crippen LogP contribution in [-0.4, -0.2) is 55.2 Å². The number of nitrogens with zero attached hydrogens (tertiary/aromatic N) is 2. The van der Waals surface area contributed by atoms with Gasteiger partial charge in [0.1, 0.15) is 34.5 Å². The summed E-state index contributed by atoms with van der Waals surface area (Å²) in [6.45, 7) is 5.10. The number of β-lactam (4-membered cyclic amide) rings is 1. The average Bonchev–Trinajstić information content (AvgIpc) is 3.14. The number of benzene rings is 1. The number of carbonyl (C=O) groups excluding carboxylic acids is 2. The number of rotatable bonds is 4. The fourth-order valence-corrected chi connectivity index (χ4v) is 6.09. The van der Waals surface area contributed by atoms with E-state index in [1.807, 2.05) is 0 Å². The lowest BCUT2D eigenvalue weighted by Gasteiger charge is -2.43. The highest BCUT2D eigenvalue weighted by Gasteiger charge is 2.64. The lowest BCUT2D eigenvalue weighted by molar-refractivity contribution is -0.159. The lowest BCUT2D eigenvalue weighted by Crippen LogP contribution is -2.70. The second-order valence-corrected chi connectivity index (χ2v) is 10.2. The molecule has 1 aromatic carbocycles. The summed E-state index contributed by atoms with van der Waals surface area (Å²) < 4.78 is 4.52. The summed E-state index contributed by atoms with van der Waals surface area (Å²) in [5.41, 5.74) is 0.645. The Hall–Kier alpha value is -2.23. The van der Waals surface area contributed by atoms with Gasteiger partial charge in [0.2, 0.25) is 5.91 Å².